The van der Waals surface area contributed by atoms with Crippen molar-refractivity contribution in [3.63, 3.8) is 0 Å². The third kappa shape index (κ3) is 5.10. The molecule has 1 N–H and O–H groups in total. The van der Waals surface area contributed by atoms with Crippen molar-refractivity contribution in [2.75, 3.05) is 18.4 Å². The van der Waals surface area contributed by atoms with Gasteiger partial charge in [0, 0.05) is 31.7 Å². The van der Waals surface area contributed by atoms with E-state index in [1.54, 1.807) is 35.1 Å². The third-order valence-corrected chi connectivity index (χ3v) is 8.54. The van der Waals surface area contributed by atoms with E-state index in [4.69, 9.17) is 0 Å². The Hall–Kier alpha value is -2.37. The second-order valence-electron chi connectivity index (χ2n) is 7.88. The first-order valence-corrected chi connectivity index (χ1v) is 13.5. The number of benzene rings is 1. The molecule has 0 aliphatic carbocycles. The fourth-order valence-corrected chi connectivity index (χ4v) is 6.09. The minimum Gasteiger partial charge on any atom is -0.319 e. The van der Waals surface area contributed by atoms with Crippen LogP contribution >= 0.6 is 11.8 Å². The monoisotopic (exact) mass is 492 g/mol. The van der Waals surface area contributed by atoms with Crippen LogP contribution in [0.2, 0.25) is 0 Å². The number of imidazole rings is 1. The van der Waals surface area contributed by atoms with Crippen molar-refractivity contribution in [1.29, 1.82) is 0 Å². The molecule has 0 aliphatic heterocycles. The number of aromatic nitrogens is 4. The number of nitrogens with zero attached hydrogens (tertiary/aromatic N) is 5. The van der Waals surface area contributed by atoms with Gasteiger partial charge < -0.3 is 9.88 Å². The maximum absolute atomic E-state index is 12.9. The molecule has 1 aromatic carbocycles. The molecule has 1 unspecified atom stereocenters. The Balaban J connectivity index is 1.87. The number of amides is 1. The van der Waals surface area contributed by atoms with Gasteiger partial charge in [-0.2, -0.15) is 9.40 Å². The zero-order chi connectivity index (χ0) is 24.3. The lowest BCUT2D eigenvalue weighted by atomic mass is 10.3. The lowest BCUT2D eigenvalue weighted by Crippen LogP contribution is -2.30. The van der Waals surface area contributed by atoms with Crippen LogP contribution in [-0.2, 0) is 21.4 Å². The molecule has 0 radical (unpaired) electrons. The maximum Gasteiger partial charge on any atom is 0.243 e. The third-order valence-electron chi connectivity index (χ3n) is 5.41. The van der Waals surface area contributed by atoms with E-state index >= 15 is 0 Å². The quantitative estimate of drug-likeness (QED) is 0.430. The van der Waals surface area contributed by atoms with Crippen LogP contribution < -0.4 is 5.32 Å². The number of anilines is 1. The summed E-state index contributed by atoms with van der Waals surface area (Å²) in [6, 6.07) is 6.93. The lowest BCUT2D eigenvalue weighted by molar-refractivity contribution is -0.115. The molecule has 0 saturated carbocycles. The standard InChI is InChI=1S/C22H32N6O3S2/c1-7-26(8-2)33(30,31)17-10-11-19-18(14-17)24-22(27(19)9-3)32-16(6)21(29)25-20-12-13-23-28(20)15(4)5/h10-16H,7-9H2,1-6H3,(H,25,29). The highest BCUT2D eigenvalue weighted by atomic mass is 32.2. The van der Waals surface area contributed by atoms with Gasteiger partial charge in [0.25, 0.3) is 0 Å². The van der Waals surface area contributed by atoms with E-state index in [1.165, 1.54) is 16.1 Å². The first-order valence-electron chi connectivity index (χ1n) is 11.1. The number of sulfonamides is 1. The van der Waals surface area contributed by atoms with E-state index < -0.39 is 15.3 Å². The van der Waals surface area contributed by atoms with Crippen LogP contribution in [0.5, 0.6) is 0 Å². The van der Waals surface area contributed by atoms with Gasteiger partial charge in [-0.25, -0.2) is 18.1 Å². The number of rotatable bonds is 10. The molecule has 33 heavy (non-hydrogen) atoms. The first-order chi connectivity index (χ1) is 15.6. The Morgan fingerprint density at radius 2 is 1.85 bits per heavy atom. The molecule has 2 aromatic heterocycles. The molecular weight excluding hydrogens is 460 g/mol. The summed E-state index contributed by atoms with van der Waals surface area (Å²) in [5.41, 5.74) is 1.43. The molecule has 11 heteroatoms. The molecule has 0 saturated heterocycles. The molecule has 1 amide bonds. The summed E-state index contributed by atoms with van der Waals surface area (Å²) in [4.78, 5) is 17.7. The SMILES string of the molecule is CCN(CC)S(=O)(=O)c1ccc2c(c1)nc(SC(C)C(=O)Nc1ccnn1C(C)C)n2CC. The van der Waals surface area contributed by atoms with Crippen LogP contribution in [0.25, 0.3) is 11.0 Å². The number of carbonyl (C=O) groups excluding carboxylic acids is 1. The highest BCUT2D eigenvalue weighted by Gasteiger charge is 2.24. The van der Waals surface area contributed by atoms with Gasteiger partial charge in [-0.1, -0.05) is 25.6 Å². The van der Waals surface area contributed by atoms with Gasteiger partial charge >= 0.3 is 0 Å². The molecule has 1 atom stereocenters. The molecule has 2 heterocycles. The summed E-state index contributed by atoms with van der Waals surface area (Å²) in [5.74, 6) is 0.500. The number of nitrogens with one attached hydrogen (secondary N) is 1. The first kappa shape index (κ1) is 25.3. The lowest BCUT2D eigenvalue weighted by Gasteiger charge is -2.18. The van der Waals surface area contributed by atoms with Gasteiger partial charge in [-0.15, -0.1) is 0 Å². The van der Waals surface area contributed by atoms with E-state index in [2.05, 4.69) is 15.4 Å². The van der Waals surface area contributed by atoms with Crippen molar-refractivity contribution < 1.29 is 13.2 Å². The van der Waals surface area contributed by atoms with Crippen molar-refractivity contribution in [1.82, 2.24) is 23.6 Å². The molecule has 0 spiro atoms. The number of aryl methyl sites for hydroxylation is 1. The van der Waals surface area contributed by atoms with Gasteiger partial charge in [0.1, 0.15) is 5.82 Å². The summed E-state index contributed by atoms with van der Waals surface area (Å²) in [6.45, 7) is 12.9. The van der Waals surface area contributed by atoms with E-state index in [0.717, 1.165) is 5.52 Å². The van der Waals surface area contributed by atoms with E-state index in [-0.39, 0.29) is 16.8 Å². The normalized spacial score (nSPS) is 13.2. The molecule has 180 valence electrons. The summed E-state index contributed by atoms with van der Waals surface area (Å²) < 4.78 is 31.0. The second kappa shape index (κ2) is 10.3. The Morgan fingerprint density at radius 1 is 1.15 bits per heavy atom. The van der Waals surface area contributed by atoms with Crippen molar-refractivity contribution in [2.45, 2.75) is 69.4 Å². The van der Waals surface area contributed by atoms with E-state index in [0.29, 0.717) is 36.1 Å². The summed E-state index contributed by atoms with van der Waals surface area (Å²) >= 11 is 1.34. The van der Waals surface area contributed by atoms with Gasteiger partial charge in [0.15, 0.2) is 5.16 Å². The number of hydrogen-bond acceptors (Lipinski definition) is 6. The smallest absolute Gasteiger partial charge is 0.243 e. The number of thioether (sulfide) groups is 1. The van der Waals surface area contributed by atoms with Crippen molar-refractivity contribution in [2.24, 2.45) is 0 Å². The number of hydrogen-bond donors (Lipinski definition) is 1. The van der Waals surface area contributed by atoms with Gasteiger partial charge in [-0.3, -0.25) is 4.79 Å². The van der Waals surface area contributed by atoms with Crippen molar-refractivity contribution >= 4 is 44.5 Å². The van der Waals surface area contributed by atoms with Crippen molar-refractivity contribution in [3.05, 3.63) is 30.5 Å². The number of fused-ring (bicyclic) bond motifs is 1. The van der Waals surface area contributed by atoms with Crippen LogP contribution in [0, 0.1) is 0 Å². The Kier molecular flexibility index (Phi) is 7.86. The highest BCUT2D eigenvalue weighted by Crippen LogP contribution is 2.30. The molecule has 0 aliphatic rings. The predicted octanol–water partition coefficient (Wildman–Crippen LogP) is 3.98. The molecule has 3 rings (SSSR count). The predicted molar refractivity (Wildman–Crippen MR) is 132 cm³/mol. The van der Waals surface area contributed by atoms with Crippen LogP contribution in [0.4, 0.5) is 5.82 Å². The van der Waals surface area contributed by atoms with Gasteiger partial charge in [0.05, 0.1) is 27.4 Å². The molecule has 0 fully saturated rings. The van der Waals surface area contributed by atoms with E-state index in [1.807, 2.05) is 46.1 Å². The second-order valence-corrected chi connectivity index (χ2v) is 11.1. The Bertz CT molecular complexity index is 1230. The van der Waals surface area contributed by atoms with Crippen molar-refractivity contribution in [3.8, 4) is 0 Å². The highest BCUT2D eigenvalue weighted by molar-refractivity contribution is 8.00. The summed E-state index contributed by atoms with van der Waals surface area (Å²) in [6.07, 6.45) is 1.66. The largest absolute Gasteiger partial charge is 0.319 e. The van der Waals surface area contributed by atoms with Gasteiger partial charge in [-0.05, 0) is 45.9 Å². The number of carbonyl (C=O) groups is 1. The minimum absolute atomic E-state index is 0.129. The summed E-state index contributed by atoms with van der Waals surface area (Å²) in [7, 11) is -3.57. The van der Waals surface area contributed by atoms with Crippen LogP contribution in [0.15, 0.2) is 40.5 Å². The minimum atomic E-state index is -3.57. The fourth-order valence-electron chi connectivity index (χ4n) is 3.62. The zero-order valence-corrected chi connectivity index (χ0v) is 21.6. The average Bonchev–Trinajstić information content (AvgIpc) is 3.37. The topological polar surface area (TPSA) is 102 Å². The molecule has 3 aromatic rings. The zero-order valence-electron chi connectivity index (χ0n) is 19.9. The Labute approximate surface area is 199 Å². The molecular formula is C22H32N6O3S2. The Morgan fingerprint density at radius 3 is 2.45 bits per heavy atom. The average molecular weight is 493 g/mol. The molecule has 9 nitrogen and oxygen atoms in total. The molecule has 0 bridgehead atoms. The maximum atomic E-state index is 12.9. The van der Waals surface area contributed by atoms with Crippen LogP contribution in [0.1, 0.15) is 47.6 Å². The summed E-state index contributed by atoms with van der Waals surface area (Å²) in [5, 5.41) is 7.44. The van der Waals surface area contributed by atoms with Crippen LogP contribution in [0.3, 0.4) is 0 Å². The van der Waals surface area contributed by atoms with Gasteiger partial charge in [0.2, 0.25) is 15.9 Å². The van der Waals surface area contributed by atoms with E-state index in [9.17, 15) is 13.2 Å². The van der Waals surface area contributed by atoms with Crippen LogP contribution in [-0.4, -0.2) is 56.3 Å². The fraction of sp³-hybridized carbons (Fsp3) is 0.500.